The average Bonchev–Trinajstić information content (AvgIpc) is 2.92. The summed E-state index contributed by atoms with van der Waals surface area (Å²) in [7, 11) is 0. The van der Waals surface area contributed by atoms with Crippen LogP contribution >= 0.6 is 0 Å². The van der Waals surface area contributed by atoms with Gasteiger partial charge < -0.3 is 37.6 Å². The van der Waals surface area contributed by atoms with Crippen molar-refractivity contribution in [3.8, 4) is 0 Å². The van der Waals surface area contributed by atoms with Crippen LogP contribution in [0.2, 0.25) is 0 Å². The molecule has 0 bridgehead atoms. The number of carboxylic acids is 2. The standard InChI is InChI=1S/C28H37N5O7/c29-14-8-7-13-21(26(37)33-23(28(39)40)17-24(34)35)31-27(38)22(16-19-11-5-2-6-12-19)32-25(36)20(30)15-18-9-3-1-4-10-18/h1-6,9-12,20-23H,7-8,13-17,29-30H2,(H,31,38)(H,32,36)(H,33,37)(H,34,35)(H,39,40). The van der Waals surface area contributed by atoms with E-state index in [1.165, 1.54) is 0 Å². The number of hydrogen-bond acceptors (Lipinski definition) is 7. The molecule has 2 rings (SSSR count). The van der Waals surface area contributed by atoms with Gasteiger partial charge in [0.2, 0.25) is 17.7 Å². The van der Waals surface area contributed by atoms with Gasteiger partial charge in [0.05, 0.1) is 12.5 Å². The molecule has 0 aliphatic rings. The van der Waals surface area contributed by atoms with Crippen LogP contribution in [0.15, 0.2) is 60.7 Å². The van der Waals surface area contributed by atoms with Gasteiger partial charge in [-0.05, 0) is 43.4 Å². The van der Waals surface area contributed by atoms with Crippen LogP contribution in [0.3, 0.4) is 0 Å². The van der Waals surface area contributed by atoms with Crippen LogP contribution < -0.4 is 27.4 Å². The van der Waals surface area contributed by atoms with Crippen molar-refractivity contribution in [2.24, 2.45) is 11.5 Å². The molecular formula is C28H37N5O7. The summed E-state index contributed by atoms with van der Waals surface area (Å²) in [5.41, 5.74) is 13.3. The predicted molar refractivity (Wildman–Crippen MR) is 147 cm³/mol. The van der Waals surface area contributed by atoms with Crippen LogP contribution in [0, 0.1) is 0 Å². The van der Waals surface area contributed by atoms with E-state index >= 15 is 0 Å². The number of aliphatic carboxylic acids is 2. The third-order valence-electron chi connectivity index (χ3n) is 6.12. The fraction of sp³-hybridized carbons (Fsp3) is 0.393. The minimum atomic E-state index is -1.69. The first-order chi connectivity index (χ1) is 19.1. The summed E-state index contributed by atoms with van der Waals surface area (Å²) in [5.74, 6) is -5.03. The van der Waals surface area contributed by atoms with E-state index in [9.17, 15) is 29.1 Å². The van der Waals surface area contributed by atoms with Gasteiger partial charge in [-0.25, -0.2) is 4.79 Å². The molecule has 0 saturated heterocycles. The zero-order valence-corrected chi connectivity index (χ0v) is 22.1. The van der Waals surface area contributed by atoms with Crippen LogP contribution in [0.4, 0.5) is 0 Å². The molecule has 0 saturated carbocycles. The molecule has 216 valence electrons. The molecule has 12 heteroatoms. The second kappa shape index (κ2) is 16.6. The number of carboxylic acid groups (broad SMARTS) is 2. The first-order valence-electron chi connectivity index (χ1n) is 13.0. The van der Waals surface area contributed by atoms with Crippen LogP contribution in [-0.2, 0) is 36.8 Å². The van der Waals surface area contributed by atoms with Gasteiger partial charge in [0.15, 0.2) is 0 Å². The fourth-order valence-electron chi connectivity index (χ4n) is 3.98. The van der Waals surface area contributed by atoms with Crippen molar-refractivity contribution in [3.05, 3.63) is 71.8 Å². The molecular weight excluding hydrogens is 518 g/mol. The maximum absolute atomic E-state index is 13.4. The number of nitrogens with two attached hydrogens (primary N) is 2. The van der Waals surface area contributed by atoms with E-state index in [0.717, 1.165) is 11.1 Å². The van der Waals surface area contributed by atoms with Crippen molar-refractivity contribution in [2.75, 3.05) is 6.54 Å². The summed E-state index contributed by atoms with van der Waals surface area (Å²) >= 11 is 0. The van der Waals surface area contributed by atoms with Gasteiger partial charge in [0, 0.05) is 6.42 Å². The van der Waals surface area contributed by atoms with Crippen molar-refractivity contribution in [1.82, 2.24) is 16.0 Å². The Bertz CT molecular complexity index is 1130. The van der Waals surface area contributed by atoms with Gasteiger partial charge in [0.1, 0.15) is 18.1 Å². The van der Waals surface area contributed by atoms with Crippen LogP contribution in [0.25, 0.3) is 0 Å². The molecule has 0 aliphatic heterocycles. The predicted octanol–water partition coefficient (Wildman–Crippen LogP) is -0.0582. The molecule has 3 amide bonds. The second-order valence-corrected chi connectivity index (χ2v) is 9.39. The summed E-state index contributed by atoms with van der Waals surface area (Å²) in [6.07, 6.45) is 0.601. The molecule has 0 spiro atoms. The molecule has 2 aromatic rings. The fourth-order valence-corrected chi connectivity index (χ4v) is 3.98. The largest absolute Gasteiger partial charge is 0.481 e. The summed E-state index contributed by atoms with van der Waals surface area (Å²) in [6, 6.07) is 13.2. The van der Waals surface area contributed by atoms with Crippen molar-refractivity contribution in [2.45, 2.75) is 62.7 Å². The Labute approximate surface area is 232 Å². The minimum Gasteiger partial charge on any atom is -0.481 e. The lowest BCUT2D eigenvalue weighted by Crippen LogP contribution is -2.58. The summed E-state index contributed by atoms with van der Waals surface area (Å²) in [5, 5.41) is 25.8. The van der Waals surface area contributed by atoms with E-state index in [1.807, 2.05) is 30.3 Å². The Kier molecular flexibility index (Phi) is 13.3. The molecule has 0 aromatic heterocycles. The highest BCUT2D eigenvalue weighted by Crippen LogP contribution is 2.08. The first kappa shape index (κ1) is 31.9. The van der Waals surface area contributed by atoms with E-state index < -0.39 is 60.2 Å². The van der Waals surface area contributed by atoms with E-state index in [1.54, 1.807) is 30.3 Å². The monoisotopic (exact) mass is 555 g/mol. The highest BCUT2D eigenvalue weighted by Gasteiger charge is 2.31. The quantitative estimate of drug-likeness (QED) is 0.130. The van der Waals surface area contributed by atoms with Gasteiger partial charge in [-0.2, -0.15) is 0 Å². The number of carbonyl (C=O) groups excluding carboxylic acids is 3. The summed E-state index contributed by atoms with van der Waals surface area (Å²) in [6.45, 7) is 0.338. The zero-order valence-electron chi connectivity index (χ0n) is 22.1. The van der Waals surface area contributed by atoms with Gasteiger partial charge in [0.25, 0.3) is 0 Å². The molecule has 4 unspecified atom stereocenters. The lowest BCUT2D eigenvalue weighted by atomic mass is 10.0. The normalized spacial score (nSPS) is 13.8. The highest BCUT2D eigenvalue weighted by atomic mass is 16.4. The van der Waals surface area contributed by atoms with E-state index in [2.05, 4.69) is 16.0 Å². The molecule has 0 radical (unpaired) electrons. The number of nitrogens with one attached hydrogen (secondary N) is 3. The van der Waals surface area contributed by atoms with Crippen molar-refractivity contribution < 1.29 is 34.2 Å². The van der Waals surface area contributed by atoms with Gasteiger partial charge in [-0.3, -0.25) is 19.2 Å². The van der Waals surface area contributed by atoms with Crippen LogP contribution in [0.5, 0.6) is 0 Å². The van der Waals surface area contributed by atoms with E-state index in [4.69, 9.17) is 16.6 Å². The average molecular weight is 556 g/mol. The Morgan fingerprint density at radius 2 is 1.18 bits per heavy atom. The zero-order chi connectivity index (χ0) is 29.5. The Hall–Kier alpha value is -4.29. The Morgan fingerprint density at radius 3 is 1.70 bits per heavy atom. The minimum absolute atomic E-state index is 0.102. The van der Waals surface area contributed by atoms with Crippen molar-refractivity contribution in [3.63, 3.8) is 0 Å². The Balaban J connectivity index is 2.21. The Morgan fingerprint density at radius 1 is 0.675 bits per heavy atom. The third-order valence-corrected chi connectivity index (χ3v) is 6.12. The van der Waals surface area contributed by atoms with Gasteiger partial charge in [-0.15, -0.1) is 0 Å². The van der Waals surface area contributed by atoms with Gasteiger partial charge >= 0.3 is 11.9 Å². The molecule has 2 aromatic carbocycles. The first-order valence-corrected chi connectivity index (χ1v) is 13.0. The molecule has 0 aliphatic carbocycles. The summed E-state index contributed by atoms with van der Waals surface area (Å²) < 4.78 is 0. The van der Waals surface area contributed by atoms with Crippen molar-refractivity contribution in [1.29, 1.82) is 0 Å². The van der Waals surface area contributed by atoms with Crippen molar-refractivity contribution >= 4 is 29.7 Å². The number of amides is 3. The lowest BCUT2D eigenvalue weighted by molar-refractivity contribution is -0.147. The second-order valence-electron chi connectivity index (χ2n) is 9.39. The number of rotatable bonds is 17. The summed E-state index contributed by atoms with van der Waals surface area (Å²) in [4.78, 5) is 61.9. The topological polar surface area (TPSA) is 214 Å². The number of carbonyl (C=O) groups is 5. The van der Waals surface area contributed by atoms with E-state index in [0.29, 0.717) is 19.4 Å². The number of unbranched alkanes of at least 4 members (excludes halogenated alkanes) is 1. The molecule has 12 nitrogen and oxygen atoms in total. The number of benzene rings is 2. The molecule has 0 heterocycles. The molecule has 4 atom stereocenters. The van der Waals surface area contributed by atoms with Crippen LogP contribution in [-0.4, -0.2) is 70.6 Å². The lowest BCUT2D eigenvalue weighted by Gasteiger charge is -2.25. The van der Waals surface area contributed by atoms with E-state index in [-0.39, 0.29) is 19.3 Å². The SMILES string of the molecule is NCCCCC(NC(=O)C(Cc1ccccc1)NC(=O)C(N)Cc1ccccc1)C(=O)NC(CC(=O)O)C(=O)O. The number of hydrogen-bond donors (Lipinski definition) is 7. The highest BCUT2D eigenvalue weighted by molar-refractivity contribution is 5.94. The smallest absolute Gasteiger partial charge is 0.326 e. The van der Waals surface area contributed by atoms with Gasteiger partial charge in [-0.1, -0.05) is 60.7 Å². The third kappa shape index (κ3) is 11.2. The maximum atomic E-state index is 13.4. The van der Waals surface area contributed by atoms with Crippen LogP contribution in [0.1, 0.15) is 36.8 Å². The molecule has 9 N–H and O–H groups in total. The molecule has 40 heavy (non-hydrogen) atoms. The molecule has 0 fully saturated rings. The maximum Gasteiger partial charge on any atom is 0.326 e.